The zero-order chi connectivity index (χ0) is 9.14. The van der Waals surface area contributed by atoms with Gasteiger partial charge in [0.15, 0.2) is 0 Å². The predicted molar refractivity (Wildman–Crippen MR) is 54.8 cm³/mol. The molecule has 1 rings (SSSR count). The molecule has 0 aliphatic heterocycles. The summed E-state index contributed by atoms with van der Waals surface area (Å²) in [6.45, 7) is 0. The van der Waals surface area contributed by atoms with Gasteiger partial charge in [0, 0.05) is 16.8 Å². The molecule has 1 aromatic rings. The Morgan fingerprint density at radius 1 is 1.75 bits per heavy atom. The number of hydrogen-bond acceptors (Lipinski definition) is 3. The highest BCUT2D eigenvalue weighted by Crippen LogP contribution is 2.12. The Morgan fingerprint density at radius 2 is 2.42 bits per heavy atom. The van der Waals surface area contributed by atoms with Crippen LogP contribution in [0.15, 0.2) is 12.3 Å². The van der Waals surface area contributed by atoms with Crippen molar-refractivity contribution in [2.75, 3.05) is 12.8 Å². The van der Waals surface area contributed by atoms with E-state index in [2.05, 4.69) is 10.3 Å². The van der Waals surface area contributed by atoms with Gasteiger partial charge >= 0.3 is 0 Å². The summed E-state index contributed by atoms with van der Waals surface area (Å²) in [6.07, 6.45) is 1.47. The van der Waals surface area contributed by atoms with Crippen LogP contribution in [-0.4, -0.2) is 17.9 Å². The number of aromatic nitrogens is 1. The van der Waals surface area contributed by atoms with Crippen LogP contribution >= 0.6 is 22.6 Å². The first-order valence-electron chi connectivity index (χ1n) is 3.28. The van der Waals surface area contributed by atoms with Crippen molar-refractivity contribution in [2.45, 2.75) is 0 Å². The Hall–Kier alpha value is -0.850. The number of carbonyl (C=O) groups is 1. The van der Waals surface area contributed by atoms with Crippen LogP contribution in [0, 0.1) is 3.57 Å². The van der Waals surface area contributed by atoms with Gasteiger partial charge in [-0.2, -0.15) is 0 Å². The maximum absolute atomic E-state index is 11.1. The number of anilines is 1. The molecule has 0 aliphatic carbocycles. The Morgan fingerprint density at radius 3 is 2.92 bits per heavy atom. The molecule has 1 aromatic heterocycles. The van der Waals surface area contributed by atoms with Crippen molar-refractivity contribution in [1.29, 1.82) is 0 Å². The first-order chi connectivity index (χ1) is 5.65. The third kappa shape index (κ3) is 1.84. The lowest BCUT2D eigenvalue weighted by Crippen LogP contribution is -2.19. The summed E-state index contributed by atoms with van der Waals surface area (Å²) in [5, 5.41) is 2.52. The van der Waals surface area contributed by atoms with Crippen molar-refractivity contribution in [3.63, 3.8) is 0 Å². The van der Waals surface area contributed by atoms with Crippen molar-refractivity contribution in [3.05, 3.63) is 21.4 Å². The molecule has 0 aliphatic rings. The summed E-state index contributed by atoms with van der Waals surface area (Å²) in [4.78, 5) is 15.0. The molecule has 0 atom stereocenters. The van der Waals surface area contributed by atoms with E-state index in [1.165, 1.54) is 6.20 Å². The lowest BCUT2D eigenvalue weighted by atomic mass is 10.3. The van der Waals surface area contributed by atoms with Gasteiger partial charge in [0.1, 0.15) is 5.82 Å². The quantitative estimate of drug-likeness (QED) is 0.740. The molecule has 0 unspecified atom stereocenters. The molecule has 0 saturated heterocycles. The van der Waals surface area contributed by atoms with Crippen molar-refractivity contribution >= 4 is 34.3 Å². The molecule has 1 heterocycles. The second-order valence-electron chi connectivity index (χ2n) is 2.17. The lowest BCUT2D eigenvalue weighted by Gasteiger charge is -2.02. The third-order valence-corrected chi connectivity index (χ3v) is 2.24. The highest BCUT2D eigenvalue weighted by molar-refractivity contribution is 14.1. The summed E-state index contributed by atoms with van der Waals surface area (Å²) >= 11 is 2.04. The minimum atomic E-state index is -0.146. The molecule has 64 valence electrons. The third-order valence-electron chi connectivity index (χ3n) is 1.35. The van der Waals surface area contributed by atoms with Gasteiger partial charge in [-0.3, -0.25) is 4.79 Å². The molecule has 0 fully saturated rings. The second-order valence-corrected chi connectivity index (χ2v) is 3.33. The fourth-order valence-electron chi connectivity index (χ4n) is 0.747. The number of carbonyl (C=O) groups excluding carboxylic acids is 1. The van der Waals surface area contributed by atoms with E-state index in [0.29, 0.717) is 11.4 Å². The Balaban J connectivity index is 3.09. The Labute approximate surface area is 83.7 Å². The minimum absolute atomic E-state index is 0.146. The molecule has 0 aromatic carbocycles. The van der Waals surface area contributed by atoms with E-state index in [9.17, 15) is 4.79 Å². The number of nitrogen functional groups attached to an aromatic ring is 1. The molecule has 0 saturated carbocycles. The highest BCUT2D eigenvalue weighted by atomic mass is 127. The highest BCUT2D eigenvalue weighted by Gasteiger charge is 2.07. The largest absolute Gasteiger partial charge is 0.384 e. The standard InChI is InChI=1S/C7H8IN3O/c1-10-7(12)4-3-11-6(9)2-5(4)8/h2-3H,1H3,(H2,9,11)(H,10,12). The minimum Gasteiger partial charge on any atom is -0.384 e. The summed E-state index contributed by atoms with van der Waals surface area (Å²) in [7, 11) is 1.58. The molecule has 1 amide bonds. The van der Waals surface area contributed by atoms with Crippen LogP contribution in [0.4, 0.5) is 5.82 Å². The van der Waals surface area contributed by atoms with E-state index >= 15 is 0 Å². The number of nitrogens with one attached hydrogen (secondary N) is 1. The van der Waals surface area contributed by atoms with Gasteiger partial charge in [0.2, 0.25) is 0 Å². The number of rotatable bonds is 1. The number of nitrogens with zero attached hydrogens (tertiary/aromatic N) is 1. The molecular weight excluding hydrogens is 269 g/mol. The van der Waals surface area contributed by atoms with Crippen LogP contribution in [0.25, 0.3) is 0 Å². The second kappa shape index (κ2) is 3.70. The Kier molecular flexibility index (Phi) is 2.85. The molecule has 12 heavy (non-hydrogen) atoms. The van der Waals surface area contributed by atoms with Crippen LogP contribution in [0.2, 0.25) is 0 Å². The van der Waals surface area contributed by atoms with Crippen LogP contribution in [-0.2, 0) is 0 Å². The molecule has 0 bridgehead atoms. The first-order valence-corrected chi connectivity index (χ1v) is 4.36. The van der Waals surface area contributed by atoms with Crippen LogP contribution in [0.3, 0.4) is 0 Å². The van der Waals surface area contributed by atoms with Crippen LogP contribution in [0.5, 0.6) is 0 Å². The van der Waals surface area contributed by atoms with Crippen molar-refractivity contribution < 1.29 is 4.79 Å². The van der Waals surface area contributed by atoms with Gasteiger partial charge in [-0.15, -0.1) is 0 Å². The fraction of sp³-hybridized carbons (Fsp3) is 0.143. The average Bonchev–Trinajstić information content (AvgIpc) is 2.03. The normalized spacial score (nSPS) is 9.50. The summed E-state index contributed by atoms with van der Waals surface area (Å²) in [5.41, 5.74) is 5.97. The zero-order valence-electron chi connectivity index (χ0n) is 6.47. The smallest absolute Gasteiger partial charge is 0.253 e. The van der Waals surface area contributed by atoms with E-state index in [-0.39, 0.29) is 5.91 Å². The molecule has 0 spiro atoms. The molecule has 3 N–H and O–H groups in total. The average molecular weight is 277 g/mol. The number of halogens is 1. The number of pyridine rings is 1. The predicted octanol–water partition coefficient (Wildman–Crippen LogP) is 0.628. The van der Waals surface area contributed by atoms with Crippen LogP contribution < -0.4 is 11.1 Å². The summed E-state index contributed by atoms with van der Waals surface area (Å²) < 4.78 is 0.805. The fourth-order valence-corrected chi connectivity index (χ4v) is 1.45. The van der Waals surface area contributed by atoms with E-state index in [1.807, 2.05) is 22.6 Å². The van der Waals surface area contributed by atoms with E-state index < -0.39 is 0 Å². The number of amides is 1. The topological polar surface area (TPSA) is 68.0 Å². The van der Waals surface area contributed by atoms with Gasteiger partial charge in [-0.1, -0.05) is 0 Å². The van der Waals surface area contributed by atoms with Crippen LogP contribution in [0.1, 0.15) is 10.4 Å². The first kappa shape index (κ1) is 9.24. The van der Waals surface area contributed by atoms with Gasteiger partial charge in [-0.25, -0.2) is 4.98 Å². The molecule has 4 nitrogen and oxygen atoms in total. The summed E-state index contributed by atoms with van der Waals surface area (Å²) in [6, 6.07) is 1.66. The summed E-state index contributed by atoms with van der Waals surface area (Å²) in [5.74, 6) is 0.277. The van der Waals surface area contributed by atoms with Crippen molar-refractivity contribution in [3.8, 4) is 0 Å². The zero-order valence-corrected chi connectivity index (χ0v) is 8.62. The lowest BCUT2D eigenvalue weighted by molar-refractivity contribution is 0.0962. The molecule has 5 heteroatoms. The van der Waals surface area contributed by atoms with Gasteiger partial charge in [-0.05, 0) is 28.7 Å². The number of hydrogen-bond donors (Lipinski definition) is 2. The Bertz CT molecular complexity index is 314. The monoisotopic (exact) mass is 277 g/mol. The molecular formula is C7H8IN3O. The van der Waals surface area contributed by atoms with E-state index in [1.54, 1.807) is 13.1 Å². The van der Waals surface area contributed by atoms with Gasteiger partial charge in [0.05, 0.1) is 5.56 Å². The molecule has 0 radical (unpaired) electrons. The van der Waals surface area contributed by atoms with Crippen molar-refractivity contribution in [1.82, 2.24) is 10.3 Å². The maximum atomic E-state index is 11.1. The number of nitrogens with two attached hydrogens (primary N) is 1. The van der Waals surface area contributed by atoms with Gasteiger partial charge < -0.3 is 11.1 Å². The van der Waals surface area contributed by atoms with E-state index in [0.717, 1.165) is 3.57 Å². The van der Waals surface area contributed by atoms with Gasteiger partial charge in [0.25, 0.3) is 5.91 Å². The van der Waals surface area contributed by atoms with Crippen molar-refractivity contribution in [2.24, 2.45) is 0 Å². The maximum Gasteiger partial charge on any atom is 0.253 e. The van der Waals surface area contributed by atoms with E-state index in [4.69, 9.17) is 5.73 Å². The SMILES string of the molecule is CNC(=O)c1cnc(N)cc1I.